The highest BCUT2D eigenvalue weighted by Crippen LogP contribution is 2.59. The van der Waals surface area contributed by atoms with Gasteiger partial charge in [-0.25, -0.2) is 15.0 Å². The van der Waals surface area contributed by atoms with Gasteiger partial charge in [0.25, 0.3) is 0 Å². The van der Waals surface area contributed by atoms with Gasteiger partial charge in [-0.2, -0.15) is 15.0 Å². The van der Waals surface area contributed by atoms with Crippen LogP contribution in [-0.2, 0) is 5.54 Å². The summed E-state index contributed by atoms with van der Waals surface area (Å²) in [5.74, 6) is 0.176. The van der Waals surface area contributed by atoms with Crippen LogP contribution in [0.1, 0.15) is 26.3 Å². The first-order valence-corrected chi connectivity index (χ1v) is 11.5. The molecular weight excluding hydrogens is 435 g/mol. The minimum Gasteiger partial charge on any atom is -0.495 e. The molecule has 1 aliphatic heterocycles. The topological polar surface area (TPSA) is 139 Å². The number of halogens is 1. The van der Waals surface area contributed by atoms with Crippen LogP contribution in [0.5, 0.6) is 5.75 Å². The van der Waals surface area contributed by atoms with E-state index in [4.69, 9.17) is 10.5 Å². The molecule has 1 atom stereocenters. The Bertz CT molecular complexity index is 1240. The third-order valence-corrected chi connectivity index (χ3v) is 8.58. The minimum absolute atomic E-state index is 0.0536. The minimum atomic E-state index is -3.19. The van der Waals surface area contributed by atoms with Crippen LogP contribution in [0.4, 0.5) is 15.9 Å². The van der Waals surface area contributed by atoms with E-state index in [-0.39, 0.29) is 17.2 Å². The molecule has 0 saturated carbocycles. The van der Waals surface area contributed by atoms with Crippen molar-refractivity contribution in [3.63, 3.8) is 0 Å². The monoisotopic (exact) mass is 460 g/mol. The third kappa shape index (κ3) is 3.61. The lowest BCUT2D eigenvalue weighted by atomic mass is 9.94. The van der Waals surface area contributed by atoms with Gasteiger partial charge >= 0.3 is 0 Å². The van der Waals surface area contributed by atoms with E-state index >= 15 is 0 Å². The summed E-state index contributed by atoms with van der Waals surface area (Å²) in [4.78, 5) is 17.0. The molecule has 4 heterocycles. The van der Waals surface area contributed by atoms with Crippen LogP contribution in [0.2, 0.25) is 0 Å². The van der Waals surface area contributed by atoms with E-state index in [0.717, 1.165) is 5.39 Å². The summed E-state index contributed by atoms with van der Waals surface area (Å²) < 4.78 is 40.3. The molecule has 0 radical (unpaired) electrons. The summed E-state index contributed by atoms with van der Waals surface area (Å²) in [6.07, 6.45) is 4.52. The second kappa shape index (κ2) is 7.54. The average molecular weight is 461 g/mol. The maximum atomic E-state index is 14.8. The van der Waals surface area contributed by atoms with Crippen molar-refractivity contribution < 1.29 is 18.2 Å². The number of methoxy groups -OCH3 is 1. The van der Waals surface area contributed by atoms with Gasteiger partial charge in [0.15, 0.2) is 5.82 Å². The number of ether oxygens (including phenoxy) is 1. The Kier molecular flexibility index (Phi) is 5.23. The zero-order chi connectivity index (χ0) is 23.3. The molecule has 11 heteroatoms. The molecule has 0 fully saturated rings. The molecule has 0 spiro atoms. The quantitative estimate of drug-likeness (QED) is 0.428. The van der Waals surface area contributed by atoms with Crippen molar-refractivity contribution in [2.45, 2.75) is 31.1 Å². The first-order chi connectivity index (χ1) is 15.0. The van der Waals surface area contributed by atoms with E-state index < -0.39 is 26.8 Å². The molecule has 0 bridgehead atoms. The lowest BCUT2D eigenvalue weighted by Crippen LogP contribution is -2.52. The largest absolute Gasteiger partial charge is 0.495 e. The molecule has 3 aromatic rings. The van der Waals surface area contributed by atoms with Crippen molar-refractivity contribution in [3.05, 3.63) is 48.3 Å². The lowest BCUT2D eigenvalue weighted by molar-refractivity contribution is 0.413. The van der Waals surface area contributed by atoms with Crippen LogP contribution < -0.4 is 15.8 Å². The number of aromatic nitrogens is 3. The van der Waals surface area contributed by atoms with Gasteiger partial charge in [-0.15, -0.1) is 0 Å². The van der Waals surface area contributed by atoms with Gasteiger partial charge in [0.2, 0.25) is 5.95 Å². The van der Waals surface area contributed by atoms with Crippen molar-refractivity contribution in [3.8, 4) is 5.75 Å². The smallest absolute Gasteiger partial charge is 0.218 e. The summed E-state index contributed by atoms with van der Waals surface area (Å²) in [7, 11) is -1.63. The second-order valence-corrected chi connectivity index (χ2v) is 11.0. The number of nitrogens with one attached hydrogen (secondary N) is 1. The van der Waals surface area contributed by atoms with Crippen LogP contribution in [0.3, 0.4) is 0 Å². The Morgan fingerprint density at radius 3 is 2.59 bits per heavy atom. The predicted molar refractivity (Wildman–Crippen MR) is 124 cm³/mol. The van der Waals surface area contributed by atoms with Gasteiger partial charge in [-0.05, 0) is 39.0 Å². The molecular formula is C21H25FN6O3S. The van der Waals surface area contributed by atoms with Gasteiger partial charge < -0.3 is 15.8 Å². The van der Waals surface area contributed by atoms with Gasteiger partial charge in [0, 0.05) is 17.1 Å². The predicted octanol–water partition coefficient (Wildman–Crippen LogP) is 4.03. The van der Waals surface area contributed by atoms with E-state index in [9.17, 15) is 13.5 Å². The molecule has 170 valence electrons. The Labute approximate surface area is 186 Å². The Hall–Kier alpha value is -3.02. The maximum absolute atomic E-state index is 14.8. The first kappa shape index (κ1) is 22.2. The SMILES string of the molecule is COc1cnc2c(Nc3cnc(F)c([C@]4(C)CS(O)(O)C(C)(C)C(N)=N4)c3)nccc2c1. The van der Waals surface area contributed by atoms with Gasteiger partial charge in [0.1, 0.15) is 27.4 Å². The molecule has 0 unspecified atom stereocenters. The fourth-order valence-electron chi connectivity index (χ4n) is 3.58. The highest BCUT2D eigenvalue weighted by molar-refractivity contribution is 8.26. The van der Waals surface area contributed by atoms with Crippen LogP contribution in [0, 0.1) is 5.95 Å². The van der Waals surface area contributed by atoms with E-state index in [0.29, 0.717) is 22.8 Å². The standard InChI is InChI=1S/C21H25FN6O3S/c1-20(2)19(23)28-21(3,11-32(20,29)30)15-8-13(9-26-17(15)22)27-18-16-12(5-6-24-18)7-14(31-4)10-25-16/h5-10,29-30H,11H2,1-4H3,(H2,23,28)(H,24,27)/t21-/m0/s1. The third-order valence-electron chi connectivity index (χ3n) is 5.78. The zero-order valence-electron chi connectivity index (χ0n) is 18.1. The number of fused-ring (bicyclic) bond motifs is 1. The van der Waals surface area contributed by atoms with Crippen molar-refractivity contribution in [2.24, 2.45) is 10.7 Å². The van der Waals surface area contributed by atoms with Crippen LogP contribution in [0.25, 0.3) is 10.9 Å². The fourth-order valence-corrected chi connectivity index (χ4v) is 5.33. The molecule has 1 aliphatic rings. The molecule has 4 rings (SSSR count). The summed E-state index contributed by atoms with van der Waals surface area (Å²) in [6, 6.07) is 5.16. The summed E-state index contributed by atoms with van der Waals surface area (Å²) in [6.45, 7) is 4.83. The van der Waals surface area contributed by atoms with E-state index in [1.54, 1.807) is 46.3 Å². The van der Waals surface area contributed by atoms with Gasteiger partial charge in [-0.1, -0.05) is 0 Å². The Morgan fingerprint density at radius 2 is 1.91 bits per heavy atom. The number of amidine groups is 1. The van der Waals surface area contributed by atoms with E-state index in [1.807, 2.05) is 6.07 Å². The van der Waals surface area contributed by atoms with Crippen LogP contribution >= 0.6 is 10.6 Å². The maximum Gasteiger partial charge on any atom is 0.218 e. The van der Waals surface area contributed by atoms with E-state index in [1.165, 1.54) is 12.3 Å². The number of pyridine rings is 3. The van der Waals surface area contributed by atoms with Crippen LogP contribution in [-0.4, -0.2) is 47.5 Å². The van der Waals surface area contributed by atoms with Crippen molar-refractivity contribution in [1.82, 2.24) is 15.0 Å². The number of aliphatic imine (C=N–C) groups is 1. The van der Waals surface area contributed by atoms with Crippen LogP contribution in [0.15, 0.2) is 41.8 Å². The highest BCUT2D eigenvalue weighted by Gasteiger charge is 2.49. The number of nitrogens with two attached hydrogens (primary N) is 1. The summed E-state index contributed by atoms with van der Waals surface area (Å²) in [5.41, 5.74) is 5.89. The van der Waals surface area contributed by atoms with Crippen molar-refractivity contribution in [1.29, 1.82) is 0 Å². The van der Waals surface area contributed by atoms with Gasteiger partial charge in [-0.3, -0.25) is 14.1 Å². The molecule has 3 aromatic heterocycles. The number of hydrogen-bond donors (Lipinski definition) is 4. The summed E-state index contributed by atoms with van der Waals surface area (Å²) in [5, 5.41) is 3.93. The molecule has 0 amide bonds. The van der Waals surface area contributed by atoms with E-state index in [2.05, 4.69) is 25.3 Å². The summed E-state index contributed by atoms with van der Waals surface area (Å²) >= 11 is 0. The molecule has 0 saturated heterocycles. The highest BCUT2D eigenvalue weighted by atomic mass is 32.3. The first-order valence-electron chi connectivity index (χ1n) is 9.80. The normalized spacial score (nSPS) is 22.8. The number of hydrogen-bond acceptors (Lipinski definition) is 9. The Balaban J connectivity index is 1.75. The number of rotatable bonds is 4. The molecule has 9 nitrogen and oxygen atoms in total. The number of nitrogens with zero attached hydrogens (tertiary/aromatic N) is 4. The van der Waals surface area contributed by atoms with Gasteiger partial charge in [0.05, 0.1) is 30.9 Å². The molecule has 32 heavy (non-hydrogen) atoms. The molecule has 0 aromatic carbocycles. The fraction of sp³-hybridized carbons (Fsp3) is 0.333. The molecule has 0 aliphatic carbocycles. The second-order valence-electron chi connectivity index (χ2n) is 8.39. The number of anilines is 2. The average Bonchev–Trinajstić information content (AvgIpc) is 2.73. The zero-order valence-corrected chi connectivity index (χ0v) is 18.9. The Morgan fingerprint density at radius 1 is 1.16 bits per heavy atom. The molecule has 5 N–H and O–H groups in total. The van der Waals surface area contributed by atoms with Crippen molar-refractivity contribution >= 4 is 38.8 Å². The lowest BCUT2D eigenvalue weighted by Gasteiger charge is -2.53. The van der Waals surface area contributed by atoms with Crippen molar-refractivity contribution in [2.75, 3.05) is 18.2 Å².